The number of carbonyl (C=O) groups is 1. The molecule has 11 nitrogen and oxygen atoms in total. The van der Waals surface area contributed by atoms with E-state index in [0.29, 0.717) is 57.9 Å². The first-order valence-electron chi connectivity index (χ1n) is 16.3. The van der Waals surface area contributed by atoms with E-state index >= 15 is 0 Å². The molecule has 2 aromatic carbocycles. The summed E-state index contributed by atoms with van der Waals surface area (Å²) < 4.78 is 6.33. The number of ether oxygens (including phenoxy) is 1. The number of benzene rings is 2. The van der Waals surface area contributed by atoms with Crippen LogP contribution in [0.15, 0.2) is 36.4 Å². The molecule has 4 aliphatic rings. The van der Waals surface area contributed by atoms with Crippen LogP contribution in [0.1, 0.15) is 24.1 Å². The molecule has 3 saturated heterocycles. The van der Waals surface area contributed by atoms with E-state index in [9.17, 15) is 9.90 Å². The van der Waals surface area contributed by atoms with Crippen molar-refractivity contribution in [1.29, 1.82) is 0 Å². The first-order valence-corrected chi connectivity index (χ1v) is 16.7. The van der Waals surface area contributed by atoms with Crippen LogP contribution in [0.25, 0.3) is 15.6 Å². The first kappa shape index (κ1) is 30.9. The monoisotopic (exact) mass is 644 g/mol. The van der Waals surface area contributed by atoms with Gasteiger partial charge in [-0.1, -0.05) is 35.9 Å². The summed E-state index contributed by atoms with van der Waals surface area (Å²) in [5.41, 5.74) is 3.13. The molecule has 242 valence electrons. The lowest BCUT2D eigenvalue weighted by atomic mass is 10.0. The number of anilines is 2. The van der Waals surface area contributed by atoms with Gasteiger partial charge in [0.15, 0.2) is 0 Å². The highest BCUT2D eigenvalue weighted by molar-refractivity contribution is 6.36. The lowest BCUT2D eigenvalue weighted by molar-refractivity contribution is -0.133. The van der Waals surface area contributed by atoms with E-state index in [1.807, 2.05) is 21.9 Å². The molecule has 7 rings (SSSR count). The molecule has 4 aliphatic heterocycles. The summed E-state index contributed by atoms with van der Waals surface area (Å²) in [5.74, 6) is 0.909. The minimum Gasteiger partial charge on any atom is -0.462 e. The number of hydrogen-bond donors (Lipinski definition) is 1. The van der Waals surface area contributed by atoms with Gasteiger partial charge in [0.25, 0.3) is 0 Å². The number of aliphatic hydroxyl groups is 1. The van der Waals surface area contributed by atoms with E-state index in [1.54, 1.807) is 0 Å². The largest absolute Gasteiger partial charge is 0.462 e. The topological polar surface area (TPSA) is 92.6 Å². The van der Waals surface area contributed by atoms with Gasteiger partial charge in [0.2, 0.25) is 12.5 Å². The van der Waals surface area contributed by atoms with Crippen LogP contribution in [0.3, 0.4) is 0 Å². The fraction of sp³-hybridized carbons (Fsp3) is 0.529. The van der Waals surface area contributed by atoms with Crippen LogP contribution in [0, 0.1) is 6.57 Å². The van der Waals surface area contributed by atoms with Crippen molar-refractivity contribution in [3.8, 4) is 6.01 Å². The lowest BCUT2D eigenvalue weighted by Crippen LogP contribution is -2.58. The molecule has 1 unspecified atom stereocenters. The van der Waals surface area contributed by atoms with Crippen LogP contribution >= 0.6 is 11.6 Å². The molecular weight excluding hydrogens is 604 g/mol. The molecule has 3 aromatic rings. The number of halogens is 1. The van der Waals surface area contributed by atoms with Gasteiger partial charge in [0.1, 0.15) is 24.5 Å². The number of hydrogen-bond acceptors (Lipinski definition) is 9. The van der Waals surface area contributed by atoms with Crippen LogP contribution in [-0.2, 0) is 17.8 Å². The standard InChI is InChI=1S/C34H41ClN8O3/c1-36-18-25-19-42(14-15-43(25)33(45)30-21-41(30)16-17-44)32-26-11-13-40(29-10-4-7-23-6-3-9-27(35)31(23)29)20-28(26)37-34(38-32)46-22-24-8-5-12-39(24)2/h3-4,6-7,9-10,24-25,30,44H,5,8,11-22H2,2H3/t24-,25-,30-,41?/m0/s1. The second-order valence-corrected chi connectivity index (χ2v) is 13.2. The molecule has 0 saturated carbocycles. The van der Waals surface area contributed by atoms with Crippen LogP contribution in [-0.4, -0.2) is 126 Å². The van der Waals surface area contributed by atoms with Gasteiger partial charge < -0.3 is 34.3 Å². The van der Waals surface area contributed by atoms with Gasteiger partial charge in [-0.05, 0) is 50.4 Å². The fourth-order valence-electron chi connectivity index (χ4n) is 7.40. The van der Waals surface area contributed by atoms with Crippen molar-refractivity contribution in [2.75, 3.05) is 82.4 Å². The van der Waals surface area contributed by atoms with Crippen LogP contribution in [0.4, 0.5) is 11.5 Å². The van der Waals surface area contributed by atoms with E-state index in [-0.39, 0.29) is 31.1 Å². The third-order valence-electron chi connectivity index (χ3n) is 10.0. The quantitative estimate of drug-likeness (QED) is 0.279. The first-order chi connectivity index (χ1) is 22.4. The second-order valence-electron chi connectivity index (χ2n) is 12.8. The zero-order valence-corrected chi connectivity index (χ0v) is 27.1. The SMILES string of the molecule is [C-]#[N+]C[C@H]1CN(c2nc(OC[C@@H]3CCCN3C)nc3c2CCN(c2cccc4cccc(Cl)c24)C3)CCN1C(=O)[C@@H]1CN1CCO. The van der Waals surface area contributed by atoms with Crippen molar-refractivity contribution in [3.63, 3.8) is 0 Å². The van der Waals surface area contributed by atoms with Crippen LogP contribution < -0.4 is 14.5 Å². The molecule has 12 heteroatoms. The molecule has 0 spiro atoms. The zero-order chi connectivity index (χ0) is 31.8. The number of β-amino-alcohol motifs (C(OH)–C–C–N with tert-alkyl or cyclic N) is 1. The van der Waals surface area contributed by atoms with Crippen molar-refractivity contribution >= 4 is 39.8 Å². The van der Waals surface area contributed by atoms with Gasteiger partial charge in [0, 0.05) is 61.9 Å². The highest BCUT2D eigenvalue weighted by atomic mass is 35.5. The number of amides is 1. The Labute approximate surface area is 275 Å². The smallest absolute Gasteiger partial charge is 0.318 e. The summed E-state index contributed by atoms with van der Waals surface area (Å²) in [6.07, 6.45) is 3.00. The molecular formula is C34H41ClN8O3. The highest BCUT2D eigenvalue weighted by Gasteiger charge is 2.45. The minimum absolute atomic E-state index is 0.0360. The number of piperazine rings is 1. The summed E-state index contributed by atoms with van der Waals surface area (Å²) in [6.45, 7) is 13.7. The van der Waals surface area contributed by atoms with Gasteiger partial charge in [-0.25, -0.2) is 6.57 Å². The zero-order valence-electron chi connectivity index (χ0n) is 26.3. The van der Waals surface area contributed by atoms with E-state index in [2.05, 4.69) is 50.9 Å². The van der Waals surface area contributed by atoms with E-state index in [4.69, 9.17) is 32.9 Å². The Hall–Kier alpha value is -3.69. The average Bonchev–Trinajstić information content (AvgIpc) is 3.72. The number of aliphatic hydroxyl groups excluding tert-OH is 1. The maximum absolute atomic E-state index is 13.4. The molecule has 1 N–H and O–H groups in total. The van der Waals surface area contributed by atoms with Crippen molar-refractivity contribution in [2.24, 2.45) is 0 Å². The molecule has 4 atom stereocenters. The minimum atomic E-state index is -0.240. The average molecular weight is 645 g/mol. The van der Waals surface area contributed by atoms with E-state index in [1.165, 1.54) is 0 Å². The fourth-order valence-corrected chi connectivity index (χ4v) is 7.67. The lowest BCUT2D eigenvalue weighted by Gasteiger charge is -2.41. The molecule has 0 radical (unpaired) electrons. The van der Waals surface area contributed by atoms with E-state index in [0.717, 1.165) is 70.9 Å². The predicted octanol–water partition coefficient (Wildman–Crippen LogP) is 2.93. The molecule has 5 heterocycles. The third kappa shape index (κ3) is 6.07. The second kappa shape index (κ2) is 13.2. The Morgan fingerprint density at radius 2 is 1.93 bits per heavy atom. The number of likely N-dealkylation sites (N-methyl/N-ethyl adjacent to an activating group) is 1. The number of carbonyl (C=O) groups excluding carboxylic acids is 1. The number of rotatable bonds is 9. The van der Waals surface area contributed by atoms with Crippen molar-refractivity contribution in [3.05, 3.63) is 64.1 Å². The predicted molar refractivity (Wildman–Crippen MR) is 179 cm³/mol. The molecule has 0 bridgehead atoms. The summed E-state index contributed by atoms with van der Waals surface area (Å²) in [5, 5.41) is 12.2. The van der Waals surface area contributed by atoms with Crippen molar-refractivity contribution in [1.82, 2.24) is 24.7 Å². The van der Waals surface area contributed by atoms with Crippen molar-refractivity contribution < 1.29 is 14.6 Å². The number of nitrogens with zero attached hydrogens (tertiary/aromatic N) is 8. The molecule has 0 aliphatic carbocycles. The Balaban J connectivity index is 1.18. The summed E-state index contributed by atoms with van der Waals surface area (Å²) in [6, 6.07) is 12.6. The van der Waals surface area contributed by atoms with Crippen molar-refractivity contribution in [2.45, 2.75) is 43.9 Å². The Morgan fingerprint density at radius 3 is 2.72 bits per heavy atom. The molecule has 1 aromatic heterocycles. The molecule has 46 heavy (non-hydrogen) atoms. The van der Waals surface area contributed by atoms with Gasteiger partial charge in [-0.15, -0.1) is 0 Å². The highest BCUT2D eigenvalue weighted by Crippen LogP contribution is 2.37. The van der Waals surface area contributed by atoms with Gasteiger partial charge in [-0.2, -0.15) is 9.97 Å². The maximum Gasteiger partial charge on any atom is 0.318 e. The maximum atomic E-state index is 13.4. The Kier molecular flexibility index (Phi) is 8.88. The number of aromatic nitrogens is 2. The van der Waals surface area contributed by atoms with E-state index < -0.39 is 0 Å². The van der Waals surface area contributed by atoms with Gasteiger partial charge in [-0.3, -0.25) is 9.69 Å². The summed E-state index contributed by atoms with van der Waals surface area (Å²) in [7, 11) is 2.14. The normalized spacial score (nSPS) is 24.6. The molecule has 3 fully saturated rings. The van der Waals surface area contributed by atoms with Crippen LogP contribution in [0.5, 0.6) is 6.01 Å². The summed E-state index contributed by atoms with van der Waals surface area (Å²) >= 11 is 6.72. The Morgan fingerprint density at radius 1 is 1.09 bits per heavy atom. The van der Waals surface area contributed by atoms with Gasteiger partial charge in [0.05, 0.1) is 23.9 Å². The summed E-state index contributed by atoms with van der Waals surface area (Å²) in [4.78, 5) is 37.9. The van der Waals surface area contributed by atoms with Crippen LogP contribution in [0.2, 0.25) is 5.02 Å². The number of fused-ring (bicyclic) bond motifs is 2. The molecule has 1 amide bonds. The van der Waals surface area contributed by atoms with Gasteiger partial charge >= 0.3 is 6.01 Å². The third-order valence-corrected chi connectivity index (χ3v) is 10.3. The Bertz CT molecular complexity index is 1640. The number of likely N-dealkylation sites (tertiary alicyclic amines) is 1.